The Kier molecular flexibility index (Phi) is 16.1. The molecule has 0 bridgehead atoms. The van der Waals surface area contributed by atoms with E-state index in [9.17, 15) is 23.7 Å². The lowest BCUT2D eigenvalue weighted by Gasteiger charge is -2.17. The van der Waals surface area contributed by atoms with Gasteiger partial charge in [-0.1, -0.05) is 60.7 Å². The molecule has 0 radical (unpaired) electrons. The first-order valence-electron chi connectivity index (χ1n) is 15.1. The van der Waals surface area contributed by atoms with Crippen molar-refractivity contribution >= 4 is 31.8 Å². The van der Waals surface area contributed by atoms with Crippen molar-refractivity contribution in [2.75, 3.05) is 36.6 Å². The molecule has 0 saturated heterocycles. The van der Waals surface area contributed by atoms with E-state index < -0.39 is 30.8 Å². The summed E-state index contributed by atoms with van der Waals surface area (Å²) in [4.78, 5) is 51.9. The largest absolute Gasteiger partial charge is 0.699 e. The smallest absolute Gasteiger partial charge is 0.376 e. The number of benzene rings is 2. The van der Waals surface area contributed by atoms with Crippen LogP contribution in [0.1, 0.15) is 11.1 Å². The Morgan fingerprint density at radius 3 is 1.44 bits per heavy atom. The summed E-state index contributed by atoms with van der Waals surface area (Å²) in [6.07, 6.45) is 2.90. The number of hydrogen-bond donors (Lipinski definition) is 2. The summed E-state index contributed by atoms with van der Waals surface area (Å²) in [6, 6.07) is 22.0. The maximum atomic E-state index is 12.4. The van der Waals surface area contributed by atoms with E-state index in [0.717, 1.165) is 11.1 Å². The molecule has 0 amide bonds. The molecular formula is C32H38N4O9PS2+. The van der Waals surface area contributed by atoms with Crippen LogP contribution in [0.4, 0.5) is 0 Å². The first-order chi connectivity index (χ1) is 23.4. The predicted molar refractivity (Wildman–Crippen MR) is 186 cm³/mol. The summed E-state index contributed by atoms with van der Waals surface area (Å²) in [7, 11) is -2.38. The van der Waals surface area contributed by atoms with Gasteiger partial charge in [-0.3, -0.25) is 19.6 Å². The van der Waals surface area contributed by atoms with E-state index in [1.807, 2.05) is 60.7 Å². The second kappa shape index (κ2) is 20.7. The van der Waals surface area contributed by atoms with E-state index in [4.69, 9.17) is 18.5 Å². The third kappa shape index (κ3) is 13.9. The van der Waals surface area contributed by atoms with Crippen LogP contribution in [0, 0.1) is 11.8 Å². The Labute approximate surface area is 286 Å². The van der Waals surface area contributed by atoms with Crippen molar-refractivity contribution in [1.29, 1.82) is 0 Å². The molecule has 2 heterocycles. The van der Waals surface area contributed by atoms with Gasteiger partial charge >= 0.3 is 19.6 Å². The topological polar surface area (TPSA) is 164 Å². The molecule has 13 nitrogen and oxygen atoms in total. The van der Waals surface area contributed by atoms with Gasteiger partial charge in [0.25, 0.3) is 11.1 Å². The molecule has 0 fully saturated rings. The van der Waals surface area contributed by atoms with Crippen molar-refractivity contribution in [1.82, 2.24) is 19.1 Å². The van der Waals surface area contributed by atoms with Gasteiger partial charge in [0.1, 0.15) is 0 Å². The Morgan fingerprint density at radius 2 is 1.04 bits per heavy atom. The number of nitrogens with zero attached hydrogens (tertiary/aromatic N) is 2. The van der Waals surface area contributed by atoms with E-state index in [0.29, 0.717) is 51.0 Å². The number of ether oxygens (including phenoxy) is 2. The zero-order valence-corrected chi connectivity index (χ0v) is 28.7. The Morgan fingerprint density at radius 1 is 0.625 bits per heavy atom. The van der Waals surface area contributed by atoms with E-state index >= 15 is 0 Å². The number of H-pyrrole nitrogens is 2. The summed E-state index contributed by atoms with van der Waals surface area (Å²) >= 11 is 2.77. The fourth-order valence-electron chi connectivity index (χ4n) is 4.50. The molecule has 0 saturated carbocycles. The minimum Gasteiger partial charge on any atom is -0.376 e. The van der Waals surface area contributed by atoms with Crippen molar-refractivity contribution in [3.63, 3.8) is 0 Å². The molecule has 0 spiro atoms. The second-order valence-electron chi connectivity index (χ2n) is 10.7. The highest BCUT2D eigenvalue weighted by Crippen LogP contribution is 2.28. The molecule has 2 unspecified atom stereocenters. The van der Waals surface area contributed by atoms with Crippen molar-refractivity contribution < 1.29 is 23.1 Å². The molecule has 0 aliphatic rings. The fraction of sp³-hybridized carbons (Fsp3) is 0.375. The van der Waals surface area contributed by atoms with Gasteiger partial charge < -0.3 is 18.6 Å². The molecule has 4 rings (SSSR count). The van der Waals surface area contributed by atoms with Crippen LogP contribution >= 0.6 is 31.8 Å². The highest BCUT2D eigenvalue weighted by atomic mass is 32.2. The molecule has 4 aromatic rings. The summed E-state index contributed by atoms with van der Waals surface area (Å²) in [6.45, 7) is 2.18. The Balaban J connectivity index is 1.19. The highest BCUT2D eigenvalue weighted by Gasteiger charge is 2.22. The van der Waals surface area contributed by atoms with Gasteiger partial charge in [-0.25, -0.2) is 9.59 Å². The third-order valence-electron chi connectivity index (χ3n) is 6.82. The molecular weight excluding hydrogens is 679 g/mol. The number of aromatic amines is 2. The number of rotatable bonds is 22. The minimum atomic E-state index is -2.38. The molecule has 0 aliphatic heterocycles. The average Bonchev–Trinajstić information content (AvgIpc) is 3.08. The lowest BCUT2D eigenvalue weighted by molar-refractivity contribution is 0.0877. The monoisotopic (exact) mass is 717 g/mol. The predicted octanol–water partition coefficient (Wildman–Crippen LogP) is 3.82. The number of hydrogen-bond acceptors (Lipinski definition) is 11. The van der Waals surface area contributed by atoms with Crippen molar-refractivity contribution in [3.05, 3.63) is 138 Å². The summed E-state index contributed by atoms with van der Waals surface area (Å²) in [5.74, 6) is 1.06. The van der Waals surface area contributed by atoms with Gasteiger partial charge in [0.05, 0.1) is 26.4 Å². The lowest BCUT2D eigenvalue weighted by Crippen LogP contribution is -2.32. The summed E-state index contributed by atoms with van der Waals surface area (Å²) in [5, 5.41) is 0. The Hall–Kier alpha value is -3.56. The fourth-order valence-corrected chi connectivity index (χ4v) is 7.12. The Bertz CT molecular complexity index is 1660. The van der Waals surface area contributed by atoms with Gasteiger partial charge in [-0.05, 0) is 11.1 Å². The first-order valence-corrected chi connectivity index (χ1v) is 18.5. The van der Waals surface area contributed by atoms with Crippen LogP contribution in [-0.2, 0) is 49.4 Å². The van der Waals surface area contributed by atoms with E-state index in [2.05, 4.69) is 9.97 Å². The molecule has 2 aromatic heterocycles. The van der Waals surface area contributed by atoms with E-state index in [1.165, 1.54) is 57.2 Å². The summed E-state index contributed by atoms with van der Waals surface area (Å²) < 4.78 is 37.8. The maximum Gasteiger partial charge on any atom is 0.699 e. The number of nitrogens with one attached hydrogen (secondary N) is 2. The van der Waals surface area contributed by atoms with Crippen LogP contribution in [0.25, 0.3) is 0 Å². The van der Waals surface area contributed by atoms with E-state index in [-0.39, 0.29) is 23.7 Å². The van der Waals surface area contributed by atoms with Crippen molar-refractivity contribution in [2.24, 2.45) is 11.8 Å². The van der Waals surface area contributed by atoms with Gasteiger partial charge in [0, 0.05) is 65.5 Å². The lowest BCUT2D eigenvalue weighted by atomic mass is 10.2. The maximum absolute atomic E-state index is 12.4. The average molecular weight is 718 g/mol. The summed E-state index contributed by atoms with van der Waals surface area (Å²) in [5.41, 5.74) is 0.125. The van der Waals surface area contributed by atoms with Gasteiger partial charge in [0.15, 0.2) is 11.9 Å². The van der Waals surface area contributed by atoms with Gasteiger partial charge in [-0.15, -0.1) is 32.6 Å². The zero-order chi connectivity index (χ0) is 34.0. The molecule has 48 heavy (non-hydrogen) atoms. The number of thioether (sulfide) groups is 2. The standard InChI is InChI=1S/C32H37N4O9PS2/c37-29-11-13-35(31(39)33-29)15-27(19-42-17-25-7-3-1-4-8-25)21-47-23-44-46(41)45-24-48-22-28(16-36-14-12-30(38)34-32(36)40)20-43-18-26-9-5-2-6-10-26/h1-14,27-28H,15-24H2,(H-,33,34,37,38,39,40)/p+1. The molecule has 2 aromatic carbocycles. The van der Waals surface area contributed by atoms with Crippen LogP contribution in [0.3, 0.4) is 0 Å². The highest BCUT2D eigenvalue weighted by molar-refractivity contribution is 7.99. The van der Waals surface area contributed by atoms with Gasteiger partial charge in [0.2, 0.25) is 0 Å². The first kappa shape index (κ1) is 37.3. The molecule has 256 valence electrons. The second-order valence-corrected chi connectivity index (χ2v) is 13.6. The van der Waals surface area contributed by atoms with Crippen LogP contribution < -0.4 is 22.5 Å². The van der Waals surface area contributed by atoms with Crippen LogP contribution in [-0.4, -0.2) is 55.7 Å². The van der Waals surface area contributed by atoms with Crippen LogP contribution in [0.5, 0.6) is 0 Å². The normalized spacial score (nSPS) is 12.9. The third-order valence-corrected chi connectivity index (χ3v) is 9.84. The van der Waals surface area contributed by atoms with Gasteiger partial charge in [-0.2, -0.15) is 0 Å². The quantitative estimate of drug-likeness (QED) is 0.0690. The van der Waals surface area contributed by atoms with Crippen LogP contribution in [0.15, 0.2) is 104 Å². The van der Waals surface area contributed by atoms with E-state index in [1.54, 1.807) is 0 Å². The zero-order valence-electron chi connectivity index (χ0n) is 26.1. The van der Waals surface area contributed by atoms with Crippen molar-refractivity contribution in [2.45, 2.75) is 26.3 Å². The number of aromatic nitrogens is 4. The minimum absolute atomic E-state index is 0.0979. The molecule has 2 N–H and O–H groups in total. The molecule has 2 atom stereocenters. The molecule has 0 aliphatic carbocycles. The van der Waals surface area contributed by atoms with Crippen molar-refractivity contribution in [3.8, 4) is 0 Å². The SMILES string of the molecule is O=c1ccn(CC(COCc2ccccc2)CSCO[P+](=O)OCSCC(COCc2ccccc2)Cn2ccc(=O)[nH]c2=O)c(=O)[nH]1. The molecule has 16 heteroatoms. The van der Waals surface area contributed by atoms with Crippen LogP contribution in [0.2, 0.25) is 0 Å².